The summed E-state index contributed by atoms with van der Waals surface area (Å²) < 4.78 is 41.7. The largest absolute Gasteiger partial charge is 0.331 e. The predicted octanol–water partition coefficient (Wildman–Crippen LogP) is 5.66. The van der Waals surface area contributed by atoms with Crippen LogP contribution in [0.5, 0.6) is 0 Å². The Kier molecular flexibility index (Phi) is 5.82. The van der Waals surface area contributed by atoms with Gasteiger partial charge < -0.3 is 10.6 Å². The van der Waals surface area contributed by atoms with Crippen LogP contribution in [0.2, 0.25) is 5.02 Å². The molecule has 2 unspecified atom stereocenters. The van der Waals surface area contributed by atoms with Crippen LogP contribution >= 0.6 is 11.6 Å². The Morgan fingerprint density at radius 2 is 1.97 bits per heavy atom. The van der Waals surface area contributed by atoms with E-state index in [0.29, 0.717) is 35.1 Å². The number of hydrogen-bond donors (Lipinski definition) is 2. The van der Waals surface area contributed by atoms with E-state index in [1.807, 2.05) is 6.92 Å². The van der Waals surface area contributed by atoms with Crippen LogP contribution in [-0.2, 0) is 6.42 Å². The van der Waals surface area contributed by atoms with E-state index in [1.165, 1.54) is 24.5 Å². The highest BCUT2D eigenvalue weighted by Crippen LogP contribution is 2.35. The molecule has 0 radical (unpaired) electrons. The molecule has 1 aliphatic carbocycles. The highest BCUT2D eigenvalue weighted by molar-refractivity contribution is 6.33. The zero-order valence-corrected chi connectivity index (χ0v) is 17.2. The number of nitrogens with one attached hydrogen (secondary N) is 2. The number of carbonyl (C=O) groups is 1. The topological polar surface area (TPSA) is 66.9 Å². The number of hydrogen-bond acceptors (Lipinski definition) is 3. The zero-order chi connectivity index (χ0) is 22.1. The van der Waals surface area contributed by atoms with Gasteiger partial charge in [0.05, 0.1) is 16.8 Å². The lowest BCUT2D eigenvalue weighted by atomic mass is 9.82. The molecule has 160 valence electrons. The molecule has 9 heteroatoms. The number of amides is 2. The molecule has 31 heavy (non-hydrogen) atoms. The van der Waals surface area contributed by atoms with Gasteiger partial charge in [-0.25, -0.2) is 19.2 Å². The Morgan fingerprint density at radius 3 is 2.71 bits per heavy atom. The van der Waals surface area contributed by atoms with Crippen molar-refractivity contribution < 1.29 is 18.0 Å². The second kappa shape index (κ2) is 8.55. The molecule has 0 spiro atoms. The van der Waals surface area contributed by atoms with Crippen LogP contribution in [0, 0.1) is 23.6 Å². The third-order valence-electron chi connectivity index (χ3n) is 5.25. The van der Waals surface area contributed by atoms with Crippen LogP contribution in [-0.4, -0.2) is 16.0 Å². The summed E-state index contributed by atoms with van der Waals surface area (Å²) in [4.78, 5) is 19.8. The number of anilines is 1. The first kappa shape index (κ1) is 21.1. The third-order valence-corrected chi connectivity index (χ3v) is 5.57. The minimum Gasteiger partial charge on any atom is -0.331 e. The molecule has 2 atom stereocenters. The lowest BCUT2D eigenvalue weighted by molar-refractivity contribution is 0.244. The van der Waals surface area contributed by atoms with E-state index in [4.69, 9.17) is 11.6 Å². The normalized spacial score (nSPS) is 17.7. The highest BCUT2D eigenvalue weighted by Gasteiger charge is 2.28. The molecule has 5 nitrogen and oxygen atoms in total. The molecule has 0 saturated heterocycles. The number of fused-ring (bicyclic) bond motifs is 1. The number of halogens is 4. The summed E-state index contributed by atoms with van der Waals surface area (Å²) in [6.07, 6.45) is 3.76. The molecule has 1 aromatic carbocycles. The fourth-order valence-electron chi connectivity index (χ4n) is 3.82. The van der Waals surface area contributed by atoms with E-state index in [-0.39, 0.29) is 16.6 Å². The van der Waals surface area contributed by atoms with Crippen LogP contribution in [0.25, 0.3) is 11.1 Å². The lowest BCUT2D eigenvalue weighted by Crippen LogP contribution is -2.36. The van der Waals surface area contributed by atoms with Crippen molar-refractivity contribution in [2.75, 3.05) is 5.32 Å². The van der Waals surface area contributed by atoms with E-state index in [2.05, 4.69) is 20.6 Å². The summed E-state index contributed by atoms with van der Waals surface area (Å²) in [7, 11) is 0. The fourth-order valence-corrected chi connectivity index (χ4v) is 4.10. The van der Waals surface area contributed by atoms with Gasteiger partial charge in [0, 0.05) is 29.1 Å². The first-order valence-electron chi connectivity index (χ1n) is 9.63. The van der Waals surface area contributed by atoms with Crippen LogP contribution in [0.15, 0.2) is 42.7 Å². The summed E-state index contributed by atoms with van der Waals surface area (Å²) in [6, 6.07) is 5.59. The van der Waals surface area contributed by atoms with Crippen molar-refractivity contribution in [2.45, 2.75) is 25.8 Å². The lowest BCUT2D eigenvalue weighted by Gasteiger charge is -2.30. The molecule has 1 aliphatic rings. The molecule has 2 heterocycles. The Balaban J connectivity index is 1.53. The number of carbonyl (C=O) groups excluding carboxylic acids is 1. The first-order valence-corrected chi connectivity index (χ1v) is 10.0. The second-order valence-electron chi connectivity index (χ2n) is 7.55. The second-order valence-corrected chi connectivity index (χ2v) is 7.95. The van der Waals surface area contributed by atoms with Gasteiger partial charge >= 0.3 is 6.03 Å². The quantitative estimate of drug-likeness (QED) is 0.510. The molecular weight excluding hydrogens is 429 g/mol. The smallest absolute Gasteiger partial charge is 0.319 e. The molecule has 0 saturated carbocycles. The van der Waals surface area contributed by atoms with Gasteiger partial charge in [-0.15, -0.1) is 0 Å². The van der Waals surface area contributed by atoms with Crippen molar-refractivity contribution >= 4 is 23.3 Å². The molecular formula is C22H18ClF3N4O. The van der Waals surface area contributed by atoms with Gasteiger partial charge in [-0.1, -0.05) is 18.5 Å². The molecule has 0 aliphatic heterocycles. The van der Waals surface area contributed by atoms with Crippen LogP contribution in [0.4, 0.5) is 23.7 Å². The maximum absolute atomic E-state index is 14.6. The molecule has 4 rings (SSSR count). The van der Waals surface area contributed by atoms with Gasteiger partial charge in [0.25, 0.3) is 0 Å². The highest BCUT2D eigenvalue weighted by atomic mass is 35.5. The SMILES string of the molecule is CC1Cc2c(ccnc2F)C(NC(=O)Nc2cc(Cl)c(-c3ccc(F)nc3)cc2F)C1. The van der Waals surface area contributed by atoms with Crippen molar-refractivity contribution in [3.63, 3.8) is 0 Å². The van der Waals surface area contributed by atoms with Gasteiger partial charge in [0.15, 0.2) is 0 Å². The Bertz CT molecular complexity index is 1140. The molecule has 2 aromatic heterocycles. The van der Waals surface area contributed by atoms with E-state index in [0.717, 1.165) is 12.1 Å². The van der Waals surface area contributed by atoms with Gasteiger partial charge in [0.1, 0.15) is 5.82 Å². The first-order chi connectivity index (χ1) is 14.8. The van der Waals surface area contributed by atoms with E-state index in [9.17, 15) is 18.0 Å². The van der Waals surface area contributed by atoms with Crippen LogP contribution in [0.3, 0.4) is 0 Å². The van der Waals surface area contributed by atoms with Crippen molar-refractivity contribution in [3.8, 4) is 11.1 Å². The van der Waals surface area contributed by atoms with E-state index in [1.54, 1.807) is 6.07 Å². The van der Waals surface area contributed by atoms with Gasteiger partial charge in [0.2, 0.25) is 11.9 Å². The average molecular weight is 447 g/mol. The number of nitrogens with zero attached hydrogens (tertiary/aromatic N) is 2. The molecule has 3 aromatic rings. The van der Waals surface area contributed by atoms with Gasteiger partial charge in [-0.05, 0) is 54.7 Å². The van der Waals surface area contributed by atoms with E-state index < -0.39 is 29.8 Å². The Hall–Kier alpha value is -3.13. The summed E-state index contributed by atoms with van der Waals surface area (Å²) in [6.45, 7) is 1.96. The number of urea groups is 1. The molecule has 0 fully saturated rings. The van der Waals surface area contributed by atoms with Crippen molar-refractivity contribution in [2.24, 2.45) is 5.92 Å². The molecule has 0 bridgehead atoms. The predicted molar refractivity (Wildman–Crippen MR) is 111 cm³/mol. The number of pyridine rings is 2. The zero-order valence-electron chi connectivity index (χ0n) is 16.4. The number of benzene rings is 1. The average Bonchev–Trinajstić information content (AvgIpc) is 2.72. The minimum atomic E-state index is -0.716. The standard InChI is InChI=1S/C22H18ClF3N4O/c1-11-6-15-13(4-5-27-21(15)26)18(7-11)29-22(31)30-19-9-16(23)14(8-17(19)24)12-2-3-20(25)28-10-12/h2-5,8-11,18H,6-7H2,1H3,(H2,29,30,31). The van der Waals surface area contributed by atoms with Crippen molar-refractivity contribution in [1.29, 1.82) is 0 Å². The number of rotatable bonds is 3. The van der Waals surface area contributed by atoms with Crippen LogP contribution < -0.4 is 10.6 Å². The summed E-state index contributed by atoms with van der Waals surface area (Å²) in [5.41, 5.74) is 1.78. The van der Waals surface area contributed by atoms with E-state index >= 15 is 0 Å². The Morgan fingerprint density at radius 1 is 1.16 bits per heavy atom. The van der Waals surface area contributed by atoms with Crippen molar-refractivity contribution in [1.82, 2.24) is 15.3 Å². The Labute approximate surface area is 181 Å². The molecule has 2 amide bonds. The molecule has 2 N–H and O–H groups in total. The van der Waals surface area contributed by atoms with Crippen LogP contribution in [0.1, 0.15) is 30.5 Å². The summed E-state index contributed by atoms with van der Waals surface area (Å²) >= 11 is 6.25. The van der Waals surface area contributed by atoms with Gasteiger partial charge in [-0.2, -0.15) is 8.78 Å². The van der Waals surface area contributed by atoms with Crippen molar-refractivity contribution in [3.05, 3.63) is 76.6 Å². The third kappa shape index (κ3) is 4.49. The maximum atomic E-state index is 14.6. The maximum Gasteiger partial charge on any atom is 0.319 e. The minimum absolute atomic E-state index is 0.119. The fraction of sp³-hybridized carbons (Fsp3) is 0.227. The summed E-state index contributed by atoms with van der Waals surface area (Å²) in [5.74, 6) is -1.78. The monoisotopic (exact) mass is 446 g/mol. The number of aromatic nitrogens is 2. The van der Waals surface area contributed by atoms with Gasteiger partial charge in [-0.3, -0.25) is 0 Å². The summed E-state index contributed by atoms with van der Waals surface area (Å²) in [5, 5.41) is 5.39.